The molecule has 0 atom stereocenters. The Morgan fingerprint density at radius 2 is 1.17 bits per heavy atom. The molecule has 0 spiro atoms. The Bertz CT molecular complexity index is 664. The summed E-state index contributed by atoms with van der Waals surface area (Å²) in [7, 11) is -3.52. The van der Waals surface area contributed by atoms with Gasteiger partial charge in [-0.1, -0.05) is 29.6 Å². The lowest BCUT2D eigenvalue weighted by Crippen LogP contribution is -2.31. The Labute approximate surface area is 151 Å². The van der Waals surface area contributed by atoms with Gasteiger partial charge in [-0.3, -0.25) is 0 Å². The summed E-state index contributed by atoms with van der Waals surface area (Å²) in [5.41, 5.74) is 0. The van der Waals surface area contributed by atoms with Crippen molar-refractivity contribution in [3.05, 3.63) is 58.6 Å². The van der Waals surface area contributed by atoms with Crippen molar-refractivity contribution < 1.29 is 13.6 Å². The van der Waals surface area contributed by atoms with E-state index in [4.69, 9.17) is 32.2 Å². The van der Waals surface area contributed by atoms with Crippen LogP contribution in [0.5, 0.6) is 11.5 Å². The van der Waals surface area contributed by atoms with Crippen molar-refractivity contribution in [1.82, 2.24) is 4.67 Å². The Morgan fingerprint density at radius 1 is 0.750 bits per heavy atom. The molecule has 1 aliphatic heterocycles. The molecule has 0 saturated carbocycles. The molecule has 4 nitrogen and oxygen atoms in total. The average molecular weight is 386 g/mol. The number of nitrogens with zero attached hydrogens (tertiary/aromatic N) is 1. The monoisotopic (exact) mass is 385 g/mol. The lowest BCUT2D eigenvalue weighted by Gasteiger charge is -2.32. The van der Waals surface area contributed by atoms with Gasteiger partial charge in [0.2, 0.25) is 0 Å². The SMILES string of the molecule is O=P(Oc1ccc(Cl)cc1)(Oc1ccc(Cl)cc1)N1CCCCC1. The van der Waals surface area contributed by atoms with Crippen LogP contribution in [0.1, 0.15) is 19.3 Å². The molecule has 2 aromatic carbocycles. The van der Waals surface area contributed by atoms with Crippen molar-refractivity contribution in [2.24, 2.45) is 0 Å². The normalized spacial score (nSPS) is 15.9. The van der Waals surface area contributed by atoms with Crippen molar-refractivity contribution in [2.45, 2.75) is 19.3 Å². The highest BCUT2D eigenvalue weighted by molar-refractivity contribution is 7.52. The number of hydrogen-bond acceptors (Lipinski definition) is 3. The summed E-state index contributed by atoms with van der Waals surface area (Å²) in [5.74, 6) is 0.921. The fraction of sp³-hybridized carbons (Fsp3) is 0.294. The molecule has 1 fully saturated rings. The third kappa shape index (κ3) is 4.46. The number of hydrogen-bond donors (Lipinski definition) is 0. The molecule has 1 heterocycles. The van der Waals surface area contributed by atoms with Gasteiger partial charge in [-0.15, -0.1) is 0 Å². The quantitative estimate of drug-likeness (QED) is 0.587. The van der Waals surface area contributed by atoms with Crippen LogP contribution in [0.25, 0.3) is 0 Å². The number of rotatable bonds is 5. The van der Waals surface area contributed by atoms with Gasteiger partial charge >= 0.3 is 7.75 Å². The van der Waals surface area contributed by atoms with Crippen LogP contribution in [0.3, 0.4) is 0 Å². The second-order valence-electron chi connectivity index (χ2n) is 5.57. The van der Waals surface area contributed by atoms with E-state index in [1.54, 1.807) is 53.2 Å². The zero-order valence-corrected chi connectivity index (χ0v) is 15.4. The molecular weight excluding hydrogens is 368 g/mol. The average Bonchev–Trinajstić information content (AvgIpc) is 2.60. The predicted molar refractivity (Wildman–Crippen MR) is 97.2 cm³/mol. The largest absolute Gasteiger partial charge is 0.515 e. The standard InChI is InChI=1S/C17H18Cl2NO3P/c18-14-4-8-16(9-5-14)22-24(21,20-12-2-1-3-13-20)23-17-10-6-15(19)7-11-17/h4-11H,1-3,12-13H2. The lowest BCUT2D eigenvalue weighted by atomic mass is 10.2. The molecule has 3 rings (SSSR count). The Hall–Kier alpha value is -1.19. The molecular formula is C17H18Cl2NO3P. The van der Waals surface area contributed by atoms with E-state index in [-0.39, 0.29) is 0 Å². The molecule has 0 aliphatic carbocycles. The molecule has 1 aliphatic rings. The lowest BCUT2D eigenvalue weighted by molar-refractivity contribution is 0.256. The van der Waals surface area contributed by atoms with Crippen LogP contribution in [-0.4, -0.2) is 17.8 Å². The summed E-state index contributed by atoms with van der Waals surface area (Å²) in [6.07, 6.45) is 3.06. The topological polar surface area (TPSA) is 38.8 Å². The Kier molecular flexibility index (Phi) is 5.72. The van der Waals surface area contributed by atoms with Gasteiger partial charge in [0.05, 0.1) is 0 Å². The summed E-state index contributed by atoms with van der Waals surface area (Å²) in [5, 5.41) is 1.18. The highest BCUT2D eigenvalue weighted by Gasteiger charge is 2.38. The van der Waals surface area contributed by atoms with Crippen LogP contribution < -0.4 is 9.05 Å². The predicted octanol–water partition coefficient (Wildman–Crippen LogP) is 6.05. The maximum atomic E-state index is 13.5. The van der Waals surface area contributed by atoms with Crippen LogP contribution in [-0.2, 0) is 4.57 Å². The summed E-state index contributed by atoms with van der Waals surface area (Å²) >= 11 is 11.8. The first-order chi connectivity index (χ1) is 11.5. The first-order valence-electron chi connectivity index (χ1n) is 7.81. The van der Waals surface area contributed by atoms with E-state index in [1.807, 2.05) is 0 Å². The first-order valence-corrected chi connectivity index (χ1v) is 10.1. The van der Waals surface area contributed by atoms with Gasteiger partial charge < -0.3 is 9.05 Å². The molecule has 0 aromatic heterocycles. The van der Waals surface area contributed by atoms with E-state index < -0.39 is 7.75 Å². The second-order valence-corrected chi connectivity index (χ2v) is 8.31. The number of piperidine rings is 1. The molecule has 128 valence electrons. The highest BCUT2D eigenvalue weighted by Crippen LogP contribution is 2.53. The highest BCUT2D eigenvalue weighted by atomic mass is 35.5. The summed E-state index contributed by atoms with van der Waals surface area (Å²) in [6.45, 7) is 1.36. The van der Waals surface area contributed by atoms with Crippen LogP contribution >= 0.6 is 30.9 Å². The van der Waals surface area contributed by atoms with Crippen molar-refractivity contribution in [3.63, 3.8) is 0 Å². The van der Waals surface area contributed by atoms with E-state index >= 15 is 0 Å². The Balaban J connectivity index is 1.85. The van der Waals surface area contributed by atoms with Crippen LogP contribution in [0, 0.1) is 0 Å². The molecule has 0 N–H and O–H groups in total. The van der Waals surface area contributed by atoms with E-state index in [1.165, 1.54) is 0 Å². The fourth-order valence-electron chi connectivity index (χ4n) is 2.51. The molecule has 7 heteroatoms. The summed E-state index contributed by atoms with van der Waals surface area (Å²) in [6, 6.07) is 13.5. The van der Waals surface area contributed by atoms with Crippen LogP contribution in [0.2, 0.25) is 10.0 Å². The minimum atomic E-state index is -3.52. The molecule has 0 amide bonds. The van der Waals surface area contributed by atoms with Gasteiger partial charge in [-0.05, 0) is 61.4 Å². The molecule has 0 radical (unpaired) electrons. The van der Waals surface area contributed by atoms with Crippen molar-refractivity contribution >= 4 is 30.9 Å². The summed E-state index contributed by atoms with van der Waals surface area (Å²) in [4.78, 5) is 0. The van der Waals surface area contributed by atoms with Gasteiger partial charge in [-0.25, -0.2) is 4.57 Å². The van der Waals surface area contributed by atoms with E-state index in [0.717, 1.165) is 19.3 Å². The molecule has 0 bridgehead atoms. The second kappa shape index (κ2) is 7.79. The minimum Gasteiger partial charge on any atom is -0.404 e. The van der Waals surface area contributed by atoms with Crippen molar-refractivity contribution in [2.75, 3.05) is 13.1 Å². The maximum absolute atomic E-state index is 13.5. The molecule has 1 saturated heterocycles. The van der Waals surface area contributed by atoms with Crippen molar-refractivity contribution in [3.8, 4) is 11.5 Å². The summed E-state index contributed by atoms with van der Waals surface area (Å²) < 4.78 is 26.9. The smallest absolute Gasteiger partial charge is 0.404 e. The zero-order chi connectivity index (χ0) is 17.0. The van der Waals surface area contributed by atoms with Gasteiger partial charge in [-0.2, -0.15) is 4.67 Å². The van der Waals surface area contributed by atoms with E-state index in [9.17, 15) is 4.57 Å². The van der Waals surface area contributed by atoms with Gasteiger partial charge in [0, 0.05) is 23.1 Å². The number of benzene rings is 2. The molecule has 0 unspecified atom stereocenters. The van der Waals surface area contributed by atoms with E-state index in [0.29, 0.717) is 34.6 Å². The van der Waals surface area contributed by atoms with E-state index in [2.05, 4.69) is 0 Å². The van der Waals surface area contributed by atoms with Gasteiger partial charge in [0.25, 0.3) is 0 Å². The van der Waals surface area contributed by atoms with Crippen LogP contribution in [0.15, 0.2) is 48.5 Å². The minimum absolute atomic E-state index is 0.460. The molecule has 24 heavy (non-hydrogen) atoms. The third-order valence-electron chi connectivity index (χ3n) is 3.75. The fourth-order valence-corrected chi connectivity index (χ4v) is 4.58. The van der Waals surface area contributed by atoms with Crippen LogP contribution in [0.4, 0.5) is 0 Å². The third-order valence-corrected chi connectivity index (χ3v) is 6.23. The number of halogens is 2. The maximum Gasteiger partial charge on any atom is 0.515 e. The van der Waals surface area contributed by atoms with Gasteiger partial charge in [0.1, 0.15) is 11.5 Å². The zero-order valence-electron chi connectivity index (χ0n) is 13.0. The van der Waals surface area contributed by atoms with Gasteiger partial charge in [0.15, 0.2) is 0 Å². The van der Waals surface area contributed by atoms with Crippen molar-refractivity contribution in [1.29, 1.82) is 0 Å². The first kappa shape index (κ1) is 17.6. The Morgan fingerprint density at radius 3 is 1.58 bits per heavy atom. The molecule has 2 aromatic rings.